The van der Waals surface area contributed by atoms with Gasteiger partial charge in [-0.3, -0.25) is 4.79 Å². The predicted octanol–water partition coefficient (Wildman–Crippen LogP) is 2.92. The Morgan fingerprint density at radius 2 is 1.68 bits per heavy atom. The van der Waals surface area contributed by atoms with E-state index in [4.69, 9.17) is 9.47 Å². The van der Waals surface area contributed by atoms with Crippen LogP contribution in [0.15, 0.2) is 60.7 Å². The average Bonchev–Trinajstić information content (AvgIpc) is 2.58. The molecule has 3 rings (SSSR count). The molecule has 4 nitrogen and oxygen atoms in total. The van der Waals surface area contributed by atoms with Crippen molar-refractivity contribution in [3.05, 3.63) is 71.8 Å². The largest absolute Gasteiger partial charge is 0.346 e. The molecule has 1 N–H and O–H groups in total. The summed E-state index contributed by atoms with van der Waals surface area (Å²) in [6, 6.07) is 18.8. The second-order valence-electron chi connectivity index (χ2n) is 5.36. The number of carbonyl (C=O) groups is 1. The summed E-state index contributed by atoms with van der Waals surface area (Å²) in [4.78, 5) is 12.2. The van der Waals surface area contributed by atoms with Crippen LogP contribution in [0.25, 0.3) is 0 Å². The molecule has 1 saturated heterocycles. The van der Waals surface area contributed by atoms with Gasteiger partial charge in [-0.1, -0.05) is 48.5 Å². The fourth-order valence-electron chi connectivity index (χ4n) is 2.44. The number of ether oxygens (including phenoxy) is 2. The van der Waals surface area contributed by atoms with Crippen molar-refractivity contribution < 1.29 is 14.3 Å². The molecule has 1 aliphatic heterocycles. The van der Waals surface area contributed by atoms with Crippen molar-refractivity contribution in [3.63, 3.8) is 0 Å². The van der Waals surface area contributed by atoms with E-state index in [1.807, 2.05) is 55.5 Å². The van der Waals surface area contributed by atoms with Crippen molar-refractivity contribution in [2.45, 2.75) is 25.4 Å². The molecule has 2 aromatic rings. The van der Waals surface area contributed by atoms with Gasteiger partial charge in [-0.2, -0.15) is 0 Å². The number of benzene rings is 2. The summed E-state index contributed by atoms with van der Waals surface area (Å²) < 4.78 is 11.6. The molecule has 1 amide bonds. The Labute approximate surface area is 130 Å². The lowest BCUT2D eigenvalue weighted by molar-refractivity contribution is -0.222. The predicted molar refractivity (Wildman–Crippen MR) is 83.4 cm³/mol. The smallest absolute Gasteiger partial charge is 0.251 e. The molecule has 1 heterocycles. The standard InChI is InChI=1S/C18H19NO3/c1-13-16(19-17(20)14-8-4-2-5-9-14)12-21-18(22-13)15-10-6-3-7-11-15/h2-11,13,16,18H,12H2,1H3,(H,19,20)/t13-,16+,18-/m0/s1. The topological polar surface area (TPSA) is 47.6 Å². The number of carbonyl (C=O) groups excluding carboxylic acids is 1. The zero-order chi connectivity index (χ0) is 15.4. The summed E-state index contributed by atoms with van der Waals surface area (Å²) in [7, 11) is 0. The Balaban J connectivity index is 1.60. The van der Waals surface area contributed by atoms with Crippen LogP contribution in [-0.4, -0.2) is 24.7 Å². The Hall–Kier alpha value is -2.17. The third kappa shape index (κ3) is 3.35. The lowest BCUT2D eigenvalue weighted by Crippen LogP contribution is -2.50. The van der Waals surface area contributed by atoms with Gasteiger partial charge in [0.05, 0.1) is 18.8 Å². The highest BCUT2D eigenvalue weighted by molar-refractivity contribution is 5.94. The Bertz CT molecular complexity index is 615. The number of hydrogen-bond acceptors (Lipinski definition) is 3. The zero-order valence-corrected chi connectivity index (χ0v) is 12.4. The molecule has 22 heavy (non-hydrogen) atoms. The van der Waals surface area contributed by atoms with Crippen LogP contribution < -0.4 is 5.32 Å². The summed E-state index contributed by atoms with van der Waals surface area (Å²) in [6.07, 6.45) is -0.493. The molecule has 0 unspecified atom stereocenters. The fourth-order valence-corrected chi connectivity index (χ4v) is 2.44. The second-order valence-corrected chi connectivity index (χ2v) is 5.36. The lowest BCUT2D eigenvalue weighted by atomic mass is 10.1. The minimum atomic E-state index is -0.374. The van der Waals surface area contributed by atoms with Gasteiger partial charge in [0.2, 0.25) is 0 Å². The molecular weight excluding hydrogens is 278 g/mol. The molecular formula is C18H19NO3. The summed E-state index contributed by atoms with van der Waals surface area (Å²) in [5.41, 5.74) is 1.63. The first-order chi connectivity index (χ1) is 10.7. The van der Waals surface area contributed by atoms with Crippen LogP contribution >= 0.6 is 0 Å². The molecule has 4 heteroatoms. The van der Waals surface area contributed by atoms with Crippen LogP contribution in [0.2, 0.25) is 0 Å². The summed E-state index contributed by atoms with van der Waals surface area (Å²) in [5, 5.41) is 2.97. The lowest BCUT2D eigenvalue weighted by Gasteiger charge is -2.35. The maximum absolute atomic E-state index is 12.2. The van der Waals surface area contributed by atoms with E-state index in [0.29, 0.717) is 12.2 Å². The molecule has 3 atom stereocenters. The molecule has 1 fully saturated rings. The molecule has 114 valence electrons. The molecule has 0 aliphatic carbocycles. The SMILES string of the molecule is C[C@@H]1O[C@@H](c2ccccc2)OC[C@H]1NC(=O)c1ccccc1. The maximum atomic E-state index is 12.2. The molecule has 2 aromatic carbocycles. The van der Waals surface area contributed by atoms with Gasteiger partial charge in [-0.05, 0) is 19.1 Å². The molecule has 1 aliphatic rings. The first-order valence-corrected chi connectivity index (χ1v) is 7.42. The highest BCUT2D eigenvalue weighted by atomic mass is 16.7. The Kier molecular flexibility index (Phi) is 4.51. The maximum Gasteiger partial charge on any atom is 0.251 e. The first kappa shape index (κ1) is 14.8. The second kappa shape index (κ2) is 6.73. The van der Waals surface area contributed by atoms with Gasteiger partial charge >= 0.3 is 0 Å². The van der Waals surface area contributed by atoms with E-state index in [1.165, 1.54) is 0 Å². The average molecular weight is 297 g/mol. The summed E-state index contributed by atoms with van der Waals surface area (Å²) >= 11 is 0. The summed E-state index contributed by atoms with van der Waals surface area (Å²) in [6.45, 7) is 2.38. The van der Waals surface area contributed by atoms with Gasteiger partial charge in [0, 0.05) is 11.1 Å². The first-order valence-electron chi connectivity index (χ1n) is 7.42. The van der Waals surface area contributed by atoms with Crippen molar-refractivity contribution in [2.24, 2.45) is 0 Å². The van der Waals surface area contributed by atoms with Crippen molar-refractivity contribution in [1.82, 2.24) is 5.32 Å². The molecule has 0 saturated carbocycles. The molecule has 0 spiro atoms. The van der Waals surface area contributed by atoms with Crippen molar-refractivity contribution in [2.75, 3.05) is 6.61 Å². The van der Waals surface area contributed by atoms with Crippen molar-refractivity contribution >= 4 is 5.91 Å². The fraction of sp³-hybridized carbons (Fsp3) is 0.278. The number of hydrogen-bond donors (Lipinski definition) is 1. The van der Waals surface area contributed by atoms with Crippen molar-refractivity contribution in [1.29, 1.82) is 0 Å². The van der Waals surface area contributed by atoms with Crippen LogP contribution in [0, 0.1) is 0 Å². The third-order valence-electron chi connectivity index (χ3n) is 3.76. The normalized spacial score (nSPS) is 24.7. The summed E-state index contributed by atoms with van der Waals surface area (Å²) in [5.74, 6) is -0.109. The number of amides is 1. The minimum Gasteiger partial charge on any atom is -0.346 e. The van der Waals surface area contributed by atoms with Crippen LogP contribution in [0.4, 0.5) is 0 Å². The van der Waals surface area contributed by atoms with Gasteiger partial charge in [-0.15, -0.1) is 0 Å². The van der Waals surface area contributed by atoms with E-state index < -0.39 is 0 Å². The van der Waals surface area contributed by atoms with E-state index in [9.17, 15) is 4.79 Å². The van der Waals surface area contributed by atoms with Gasteiger partial charge in [-0.25, -0.2) is 0 Å². The van der Waals surface area contributed by atoms with Gasteiger partial charge < -0.3 is 14.8 Å². The highest BCUT2D eigenvalue weighted by Crippen LogP contribution is 2.26. The van der Waals surface area contributed by atoms with Crippen molar-refractivity contribution in [3.8, 4) is 0 Å². The molecule has 0 bridgehead atoms. The van der Waals surface area contributed by atoms with Crippen LogP contribution in [0.1, 0.15) is 29.1 Å². The van der Waals surface area contributed by atoms with Crippen LogP contribution in [-0.2, 0) is 9.47 Å². The minimum absolute atomic E-state index is 0.109. The van der Waals surface area contributed by atoms with E-state index in [1.54, 1.807) is 12.1 Å². The Morgan fingerprint density at radius 3 is 2.32 bits per heavy atom. The monoisotopic (exact) mass is 297 g/mol. The van der Waals surface area contributed by atoms with E-state index in [-0.39, 0.29) is 24.3 Å². The van der Waals surface area contributed by atoms with E-state index in [0.717, 1.165) is 5.56 Å². The van der Waals surface area contributed by atoms with Crippen LogP contribution in [0.3, 0.4) is 0 Å². The van der Waals surface area contributed by atoms with Crippen LogP contribution in [0.5, 0.6) is 0 Å². The van der Waals surface area contributed by atoms with E-state index in [2.05, 4.69) is 5.32 Å². The van der Waals surface area contributed by atoms with Gasteiger partial charge in [0.25, 0.3) is 5.91 Å². The third-order valence-corrected chi connectivity index (χ3v) is 3.76. The van der Waals surface area contributed by atoms with E-state index >= 15 is 0 Å². The number of nitrogens with one attached hydrogen (secondary N) is 1. The molecule has 0 radical (unpaired) electrons. The quantitative estimate of drug-likeness (QED) is 0.947. The Morgan fingerprint density at radius 1 is 1.05 bits per heavy atom. The zero-order valence-electron chi connectivity index (χ0n) is 12.4. The number of rotatable bonds is 3. The van der Waals surface area contributed by atoms with Gasteiger partial charge in [0.1, 0.15) is 0 Å². The van der Waals surface area contributed by atoms with Gasteiger partial charge in [0.15, 0.2) is 6.29 Å². The highest BCUT2D eigenvalue weighted by Gasteiger charge is 2.30. The molecule has 0 aromatic heterocycles.